The van der Waals surface area contributed by atoms with Crippen molar-refractivity contribution in [1.82, 2.24) is 0 Å². The van der Waals surface area contributed by atoms with Gasteiger partial charge in [0.15, 0.2) is 0 Å². The molecule has 78 valence electrons. The Morgan fingerprint density at radius 2 is 1.23 bits per heavy atom. The van der Waals surface area contributed by atoms with Crippen LogP contribution in [0, 0.1) is 0 Å². The van der Waals surface area contributed by atoms with Crippen molar-refractivity contribution in [3.05, 3.63) is 0 Å². The zero-order valence-electron chi connectivity index (χ0n) is 5.94. The molecule has 0 aromatic carbocycles. The van der Waals surface area contributed by atoms with Crippen molar-refractivity contribution in [3.8, 4) is 0 Å². The fourth-order valence-corrected chi connectivity index (χ4v) is 3.82. The molecule has 0 unspecified atom stereocenters. The monoisotopic (exact) mass is 346 g/mol. The molecule has 0 rings (SSSR count). The Labute approximate surface area is 84.8 Å². The molecule has 13 heavy (non-hydrogen) atoms. The molecule has 0 N–H and O–H groups in total. The van der Waals surface area contributed by atoms with Gasteiger partial charge in [-0.15, -0.1) is 0 Å². The number of alkyl halides is 2. The maximum absolute atomic E-state index is 11.5. The summed E-state index contributed by atoms with van der Waals surface area (Å²) >= 11 is -2.75. The van der Waals surface area contributed by atoms with E-state index >= 15 is 0 Å². The number of hydrogen-bond acceptors (Lipinski definition) is 6. The van der Waals surface area contributed by atoms with Crippen molar-refractivity contribution in [3.63, 3.8) is 0 Å². The molecule has 0 saturated heterocycles. The molecule has 0 aliphatic rings. The topological polar surface area (TPSA) is 86.7 Å². The Morgan fingerprint density at radius 3 is 1.46 bits per heavy atom. The van der Waals surface area contributed by atoms with E-state index in [1.165, 1.54) is 0 Å². The standard InChI is InChI=1S/2CH3FO3S.Sn/c2*2-1-6(3,4)5;/h2*1H2,(H,3,4,5);/q;;+2/p-2. The third-order valence-corrected chi connectivity index (χ3v) is 7.28. The first-order chi connectivity index (χ1) is 5.83. The molecule has 0 heterocycles. The van der Waals surface area contributed by atoms with E-state index in [-0.39, 0.29) is 0 Å². The van der Waals surface area contributed by atoms with Gasteiger partial charge in [0.2, 0.25) is 0 Å². The summed E-state index contributed by atoms with van der Waals surface area (Å²) < 4.78 is 71.6. The van der Waals surface area contributed by atoms with Crippen LogP contribution in [0.4, 0.5) is 8.78 Å². The van der Waals surface area contributed by atoms with E-state index in [1.54, 1.807) is 0 Å². The molecule has 0 aliphatic heterocycles. The quantitative estimate of drug-likeness (QED) is 0.578. The molecule has 0 aliphatic carbocycles. The van der Waals surface area contributed by atoms with E-state index < -0.39 is 54.2 Å². The molecule has 0 atom stereocenters. The van der Waals surface area contributed by atoms with Gasteiger partial charge < -0.3 is 0 Å². The van der Waals surface area contributed by atoms with Crippen LogP contribution in [0.5, 0.6) is 0 Å². The van der Waals surface area contributed by atoms with Crippen LogP contribution >= 0.6 is 0 Å². The van der Waals surface area contributed by atoms with Gasteiger partial charge >= 0.3 is 84.9 Å². The van der Waals surface area contributed by atoms with E-state index in [0.717, 1.165) is 0 Å². The van der Waals surface area contributed by atoms with Crippen LogP contribution in [0.1, 0.15) is 0 Å². The van der Waals surface area contributed by atoms with Gasteiger partial charge in [0.1, 0.15) is 0 Å². The molecule has 0 fully saturated rings. The van der Waals surface area contributed by atoms with E-state index in [1.807, 2.05) is 0 Å². The summed E-state index contributed by atoms with van der Waals surface area (Å²) in [6, 6.07) is -3.54. The van der Waals surface area contributed by atoms with E-state index in [9.17, 15) is 25.6 Å². The fraction of sp³-hybridized carbons (Fsp3) is 1.00. The van der Waals surface area contributed by atoms with Gasteiger partial charge in [0.25, 0.3) is 0 Å². The second-order valence-corrected chi connectivity index (χ2v) is 7.91. The second-order valence-electron chi connectivity index (χ2n) is 1.58. The average molecular weight is 345 g/mol. The Hall–Kier alpha value is 0.479. The number of rotatable bonds is 6. The van der Waals surface area contributed by atoms with Crippen LogP contribution in [-0.2, 0) is 25.3 Å². The molecular weight excluding hydrogens is 341 g/mol. The SMILES string of the molecule is O=S(=O)(CF)[O][Sn][O]S(=O)(=O)CF. The predicted octanol–water partition coefficient (Wildman–Crippen LogP) is -0.933. The zero-order valence-corrected chi connectivity index (χ0v) is 10.4. The normalized spacial score (nSPS) is 13.1. The molecule has 0 bridgehead atoms. The van der Waals surface area contributed by atoms with E-state index in [2.05, 4.69) is 5.04 Å². The van der Waals surface area contributed by atoms with Crippen LogP contribution in [0.2, 0.25) is 0 Å². The van der Waals surface area contributed by atoms with Crippen molar-refractivity contribution >= 4 is 42.2 Å². The zero-order chi connectivity index (χ0) is 10.5. The van der Waals surface area contributed by atoms with Crippen molar-refractivity contribution < 1.29 is 30.7 Å². The van der Waals surface area contributed by atoms with Crippen molar-refractivity contribution in [2.24, 2.45) is 0 Å². The predicted molar refractivity (Wildman–Crippen MR) is 37.7 cm³/mol. The van der Waals surface area contributed by atoms with Crippen molar-refractivity contribution in [2.75, 3.05) is 12.0 Å². The van der Waals surface area contributed by atoms with Gasteiger partial charge in [-0.25, -0.2) is 0 Å². The third kappa shape index (κ3) is 6.54. The Kier molecular flexibility index (Phi) is 5.58. The Morgan fingerprint density at radius 1 is 0.923 bits per heavy atom. The molecule has 0 aromatic rings. The minimum absolute atomic E-state index is 1.77. The maximum atomic E-state index is 11.5. The van der Waals surface area contributed by atoms with Crippen LogP contribution in [-0.4, -0.2) is 50.8 Å². The fourth-order valence-electron chi connectivity index (χ4n) is 0.162. The van der Waals surface area contributed by atoms with Crippen LogP contribution in [0.3, 0.4) is 0 Å². The number of halogens is 2. The summed E-state index contributed by atoms with van der Waals surface area (Å²) in [7, 11) is -8.71. The molecule has 0 aromatic heterocycles. The Balaban J connectivity index is 3.96. The van der Waals surface area contributed by atoms with Gasteiger partial charge in [0.05, 0.1) is 0 Å². The molecule has 2 radical (unpaired) electrons. The first-order valence-corrected chi connectivity index (χ1v) is 8.01. The van der Waals surface area contributed by atoms with Crippen molar-refractivity contribution in [2.45, 2.75) is 0 Å². The molecule has 0 saturated carbocycles. The molecule has 0 spiro atoms. The van der Waals surface area contributed by atoms with Gasteiger partial charge in [-0.3, -0.25) is 0 Å². The summed E-state index contributed by atoms with van der Waals surface area (Å²) in [4.78, 5) is 0. The van der Waals surface area contributed by atoms with Gasteiger partial charge in [-0.2, -0.15) is 0 Å². The van der Waals surface area contributed by atoms with Gasteiger partial charge in [-0.05, 0) is 0 Å². The summed E-state index contributed by atoms with van der Waals surface area (Å²) in [6.07, 6.45) is 0. The van der Waals surface area contributed by atoms with Crippen molar-refractivity contribution in [1.29, 1.82) is 0 Å². The molecule has 11 heteroatoms. The van der Waals surface area contributed by atoms with E-state index in [4.69, 9.17) is 0 Å². The second kappa shape index (κ2) is 5.38. The van der Waals surface area contributed by atoms with Crippen LogP contribution < -0.4 is 0 Å². The first kappa shape index (κ1) is 13.5. The summed E-state index contributed by atoms with van der Waals surface area (Å²) in [5.41, 5.74) is 0. The first-order valence-electron chi connectivity index (χ1n) is 2.52. The summed E-state index contributed by atoms with van der Waals surface area (Å²) in [5, 5.41) is 0. The third-order valence-electron chi connectivity index (χ3n) is 0.589. The van der Waals surface area contributed by atoms with Gasteiger partial charge in [-0.1, -0.05) is 0 Å². The molecule has 0 amide bonds. The molecular formula is C2H4F2O6S2Sn. The van der Waals surface area contributed by atoms with Crippen LogP contribution in [0.15, 0.2) is 0 Å². The minimum atomic E-state index is -4.35. The van der Waals surface area contributed by atoms with Crippen LogP contribution in [0.25, 0.3) is 0 Å². The average Bonchev–Trinajstić information content (AvgIpc) is 2.04. The van der Waals surface area contributed by atoms with E-state index in [0.29, 0.717) is 0 Å². The molecule has 6 nitrogen and oxygen atoms in total. The summed E-state index contributed by atoms with van der Waals surface area (Å²) in [6.45, 7) is 0. The van der Waals surface area contributed by atoms with Gasteiger partial charge in [0, 0.05) is 0 Å². The number of hydrogen-bond donors (Lipinski definition) is 0. The Bertz CT molecular complexity index is 300. The summed E-state index contributed by atoms with van der Waals surface area (Å²) in [5.74, 6) is 0.